The SMILES string of the molecule is COc1ccc(C)c(Nc2c(Br)c(C(F)(F)F)nc3ccncc23)c1C. The molecule has 3 rings (SSSR count). The van der Waals surface area contributed by atoms with E-state index in [-0.39, 0.29) is 15.7 Å². The number of anilines is 2. The van der Waals surface area contributed by atoms with E-state index in [4.69, 9.17) is 4.74 Å². The molecule has 2 aromatic heterocycles. The van der Waals surface area contributed by atoms with Gasteiger partial charge in [-0.2, -0.15) is 13.2 Å². The van der Waals surface area contributed by atoms with Crippen LogP contribution in [0.3, 0.4) is 0 Å². The van der Waals surface area contributed by atoms with Gasteiger partial charge in [0.05, 0.1) is 22.8 Å². The van der Waals surface area contributed by atoms with Crippen LogP contribution in [-0.2, 0) is 6.18 Å². The number of ether oxygens (including phenoxy) is 1. The summed E-state index contributed by atoms with van der Waals surface area (Å²) in [7, 11) is 1.55. The van der Waals surface area contributed by atoms with E-state index in [1.54, 1.807) is 7.11 Å². The van der Waals surface area contributed by atoms with E-state index in [0.29, 0.717) is 16.8 Å². The highest BCUT2D eigenvalue weighted by Crippen LogP contribution is 2.43. The highest BCUT2D eigenvalue weighted by atomic mass is 79.9. The Morgan fingerprint density at radius 2 is 1.85 bits per heavy atom. The van der Waals surface area contributed by atoms with E-state index < -0.39 is 11.9 Å². The molecule has 0 radical (unpaired) electrons. The Labute approximate surface area is 156 Å². The van der Waals surface area contributed by atoms with Gasteiger partial charge in [0, 0.05) is 29.0 Å². The van der Waals surface area contributed by atoms with Gasteiger partial charge in [0.15, 0.2) is 5.69 Å². The van der Waals surface area contributed by atoms with Crippen molar-refractivity contribution in [3.63, 3.8) is 0 Å². The second-order valence-electron chi connectivity index (χ2n) is 5.75. The molecule has 4 nitrogen and oxygen atoms in total. The van der Waals surface area contributed by atoms with Gasteiger partial charge in [0.25, 0.3) is 0 Å². The third-order valence-corrected chi connectivity index (χ3v) is 4.86. The van der Waals surface area contributed by atoms with Crippen molar-refractivity contribution in [2.45, 2.75) is 20.0 Å². The molecule has 3 aromatic rings. The number of fused-ring (bicyclic) bond motifs is 1. The van der Waals surface area contributed by atoms with Crippen molar-refractivity contribution in [2.75, 3.05) is 12.4 Å². The summed E-state index contributed by atoms with van der Waals surface area (Å²) in [6.07, 6.45) is -1.69. The van der Waals surface area contributed by atoms with Gasteiger partial charge in [-0.1, -0.05) is 6.07 Å². The van der Waals surface area contributed by atoms with Gasteiger partial charge in [0.1, 0.15) is 5.75 Å². The molecular weight excluding hydrogens is 411 g/mol. The van der Waals surface area contributed by atoms with Crippen LogP contribution in [0.2, 0.25) is 0 Å². The van der Waals surface area contributed by atoms with E-state index in [9.17, 15) is 13.2 Å². The van der Waals surface area contributed by atoms with Crippen molar-refractivity contribution in [2.24, 2.45) is 0 Å². The zero-order chi connectivity index (χ0) is 19.1. The molecule has 0 aliphatic heterocycles. The first-order valence-corrected chi connectivity index (χ1v) is 8.45. The highest BCUT2D eigenvalue weighted by Gasteiger charge is 2.37. The van der Waals surface area contributed by atoms with Gasteiger partial charge in [-0.15, -0.1) is 0 Å². The Morgan fingerprint density at radius 3 is 2.50 bits per heavy atom. The van der Waals surface area contributed by atoms with E-state index >= 15 is 0 Å². The van der Waals surface area contributed by atoms with Crippen LogP contribution in [-0.4, -0.2) is 17.1 Å². The lowest BCUT2D eigenvalue weighted by molar-refractivity contribution is -0.141. The lowest BCUT2D eigenvalue weighted by Gasteiger charge is -2.19. The number of nitrogens with one attached hydrogen (secondary N) is 1. The minimum atomic E-state index is -4.59. The van der Waals surface area contributed by atoms with Crippen LogP contribution in [0.15, 0.2) is 35.1 Å². The van der Waals surface area contributed by atoms with Gasteiger partial charge >= 0.3 is 6.18 Å². The minimum Gasteiger partial charge on any atom is -0.496 e. The average Bonchev–Trinajstić information content (AvgIpc) is 2.59. The second kappa shape index (κ2) is 6.75. The van der Waals surface area contributed by atoms with Crippen molar-refractivity contribution in [3.05, 3.63) is 51.9 Å². The van der Waals surface area contributed by atoms with Crippen LogP contribution in [0, 0.1) is 13.8 Å². The van der Waals surface area contributed by atoms with Gasteiger partial charge in [-0.3, -0.25) is 4.98 Å². The molecule has 0 saturated heterocycles. The number of pyridine rings is 2. The largest absolute Gasteiger partial charge is 0.496 e. The lowest BCUT2D eigenvalue weighted by atomic mass is 10.1. The summed E-state index contributed by atoms with van der Waals surface area (Å²) in [5.74, 6) is 0.641. The summed E-state index contributed by atoms with van der Waals surface area (Å²) >= 11 is 3.08. The fraction of sp³-hybridized carbons (Fsp3) is 0.222. The van der Waals surface area contributed by atoms with Crippen LogP contribution in [0.5, 0.6) is 5.75 Å². The van der Waals surface area contributed by atoms with E-state index in [0.717, 1.165) is 11.1 Å². The second-order valence-corrected chi connectivity index (χ2v) is 6.54. The number of nitrogens with zero attached hydrogens (tertiary/aromatic N) is 2. The smallest absolute Gasteiger partial charge is 0.434 e. The van der Waals surface area contributed by atoms with E-state index in [2.05, 4.69) is 31.2 Å². The fourth-order valence-electron chi connectivity index (χ4n) is 2.76. The van der Waals surface area contributed by atoms with Gasteiger partial charge in [-0.25, -0.2) is 4.98 Å². The third kappa shape index (κ3) is 3.21. The van der Waals surface area contributed by atoms with E-state index in [1.165, 1.54) is 18.5 Å². The summed E-state index contributed by atoms with van der Waals surface area (Å²) in [5, 5.41) is 3.61. The molecule has 0 saturated carbocycles. The first-order chi connectivity index (χ1) is 12.2. The van der Waals surface area contributed by atoms with Crippen LogP contribution in [0.25, 0.3) is 10.9 Å². The highest BCUT2D eigenvalue weighted by molar-refractivity contribution is 9.10. The molecule has 0 amide bonds. The molecule has 1 aromatic carbocycles. The number of hydrogen-bond acceptors (Lipinski definition) is 4. The van der Waals surface area contributed by atoms with Crippen molar-refractivity contribution in [1.82, 2.24) is 9.97 Å². The van der Waals surface area contributed by atoms with Crippen LogP contribution in [0.1, 0.15) is 16.8 Å². The molecule has 0 aliphatic rings. The maximum atomic E-state index is 13.4. The van der Waals surface area contributed by atoms with Crippen LogP contribution in [0.4, 0.5) is 24.5 Å². The number of methoxy groups -OCH3 is 1. The Kier molecular flexibility index (Phi) is 4.79. The lowest BCUT2D eigenvalue weighted by Crippen LogP contribution is -2.11. The average molecular weight is 426 g/mol. The topological polar surface area (TPSA) is 47.0 Å². The number of benzene rings is 1. The Bertz CT molecular complexity index is 990. The number of halogens is 4. The Morgan fingerprint density at radius 1 is 1.12 bits per heavy atom. The standard InChI is InChI=1S/C18H15BrF3N3O/c1-9-4-5-13(26-3)10(2)15(9)25-16-11-8-23-7-6-12(11)24-17(14(16)19)18(20,21)22/h4-8H,1-3H3,(H,24,25). The molecular formula is C18H15BrF3N3O. The summed E-state index contributed by atoms with van der Waals surface area (Å²) in [4.78, 5) is 7.77. The molecule has 8 heteroatoms. The number of alkyl halides is 3. The van der Waals surface area contributed by atoms with E-state index in [1.807, 2.05) is 26.0 Å². The molecule has 1 N–H and O–H groups in total. The number of hydrogen-bond donors (Lipinski definition) is 1. The van der Waals surface area contributed by atoms with Crippen molar-refractivity contribution >= 4 is 38.2 Å². The Hall–Kier alpha value is -2.35. The first-order valence-electron chi connectivity index (χ1n) is 7.65. The predicted octanol–water partition coefficient (Wildman–Crippen LogP) is 5.78. The maximum absolute atomic E-state index is 13.4. The minimum absolute atomic E-state index is 0.160. The maximum Gasteiger partial charge on any atom is 0.434 e. The first kappa shape index (κ1) is 18.4. The molecule has 2 heterocycles. The predicted molar refractivity (Wildman–Crippen MR) is 98.0 cm³/mol. The third-order valence-electron chi connectivity index (χ3n) is 4.09. The molecule has 136 valence electrons. The van der Waals surface area contributed by atoms with Gasteiger partial charge in [0.2, 0.25) is 0 Å². The zero-order valence-corrected chi connectivity index (χ0v) is 15.8. The number of aromatic nitrogens is 2. The molecule has 0 spiro atoms. The Balaban J connectivity index is 2.27. The molecule has 0 fully saturated rings. The van der Waals surface area contributed by atoms with Gasteiger partial charge < -0.3 is 10.1 Å². The quantitative estimate of drug-likeness (QED) is 0.577. The molecule has 0 bridgehead atoms. The van der Waals surface area contributed by atoms with Gasteiger partial charge in [-0.05, 0) is 47.5 Å². The van der Waals surface area contributed by atoms with Crippen molar-refractivity contribution < 1.29 is 17.9 Å². The zero-order valence-electron chi connectivity index (χ0n) is 14.2. The summed E-state index contributed by atoms with van der Waals surface area (Å²) in [6.45, 7) is 3.71. The fourth-order valence-corrected chi connectivity index (χ4v) is 3.39. The van der Waals surface area contributed by atoms with Crippen LogP contribution >= 0.6 is 15.9 Å². The molecule has 26 heavy (non-hydrogen) atoms. The summed E-state index contributed by atoms with van der Waals surface area (Å²) in [6, 6.07) is 5.11. The van der Waals surface area contributed by atoms with Crippen molar-refractivity contribution in [1.29, 1.82) is 0 Å². The molecule has 0 unspecified atom stereocenters. The number of rotatable bonds is 3. The molecule has 0 atom stereocenters. The van der Waals surface area contributed by atoms with Crippen LogP contribution < -0.4 is 10.1 Å². The molecule has 0 aliphatic carbocycles. The number of aryl methyl sites for hydroxylation is 1. The summed E-state index contributed by atoms with van der Waals surface area (Å²) in [5.41, 5.74) is 1.82. The van der Waals surface area contributed by atoms with Crippen molar-refractivity contribution in [3.8, 4) is 5.75 Å². The summed E-state index contributed by atoms with van der Waals surface area (Å²) < 4.78 is 45.4. The normalized spacial score (nSPS) is 11.7. The monoisotopic (exact) mass is 425 g/mol.